The molecule has 140 valence electrons. The number of thioether (sulfide) groups is 1. The highest BCUT2D eigenvalue weighted by molar-refractivity contribution is 7.99. The molecule has 0 heterocycles. The number of hydrogen-bond acceptors (Lipinski definition) is 2. The third-order valence-corrected chi connectivity index (χ3v) is 5.51. The lowest BCUT2D eigenvalue weighted by molar-refractivity contribution is -0.125. The topological polar surface area (TPSA) is 20.3 Å². The van der Waals surface area contributed by atoms with Gasteiger partial charge >= 0.3 is 0 Å². The number of amides is 1. The third-order valence-electron chi connectivity index (χ3n) is 3.75. The predicted molar refractivity (Wildman–Crippen MR) is 95.6 cm³/mol. The molecule has 0 N–H and O–H groups in total. The van der Waals surface area contributed by atoms with Gasteiger partial charge in [-0.15, -0.1) is 11.8 Å². The first-order valence-corrected chi connectivity index (χ1v) is 8.90. The molecule has 1 amide bonds. The second-order valence-corrected chi connectivity index (χ2v) is 7.73. The largest absolute Gasteiger partial charge is 0.315 e. The smallest absolute Gasteiger partial charge is 0.233 e. The fraction of sp³-hybridized carbons (Fsp3) is 0.278. The van der Waals surface area contributed by atoms with Crippen molar-refractivity contribution in [2.24, 2.45) is 5.41 Å². The van der Waals surface area contributed by atoms with Crippen molar-refractivity contribution in [3.63, 3.8) is 0 Å². The van der Waals surface area contributed by atoms with Crippen LogP contribution in [0.4, 0.5) is 23.2 Å². The first-order valence-electron chi connectivity index (χ1n) is 7.54. The van der Waals surface area contributed by atoms with Gasteiger partial charge in [0.2, 0.25) is 5.91 Å². The lowest BCUT2D eigenvalue weighted by Gasteiger charge is -2.29. The summed E-state index contributed by atoms with van der Waals surface area (Å²) >= 11 is 6.37. The maximum absolute atomic E-state index is 13.8. The number of halogens is 5. The van der Waals surface area contributed by atoms with E-state index in [0.717, 1.165) is 0 Å². The third kappa shape index (κ3) is 4.32. The number of anilines is 1. The zero-order valence-electron chi connectivity index (χ0n) is 14.2. The molecule has 0 aliphatic carbocycles. The Morgan fingerprint density at radius 2 is 1.58 bits per heavy atom. The molecule has 0 unspecified atom stereocenters. The van der Waals surface area contributed by atoms with Crippen LogP contribution in [0, 0.1) is 28.7 Å². The van der Waals surface area contributed by atoms with E-state index in [0.29, 0.717) is 22.5 Å². The Kier molecular flexibility index (Phi) is 6.24. The molecule has 8 heteroatoms. The molecule has 0 aromatic heterocycles. The monoisotopic (exact) mass is 405 g/mol. The minimum absolute atomic E-state index is 0.0828. The molecular formula is C18H16ClF4NOS. The molecule has 2 aromatic carbocycles. The predicted octanol–water partition coefficient (Wildman–Crippen LogP) is 5.68. The Morgan fingerprint density at radius 3 is 2.08 bits per heavy atom. The van der Waals surface area contributed by atoms with Crippen molar-refractivity contribution in [2.45, 2.75) is 18.7 Å². The van der Waals surface area contributed by atoms with Crippen LogP contribution in [0.1, 0.15) is 13.8 Å². The Balaban J connectivity index is 2.18. The summed E-state index contributed by atoms with van der Waals surface area (Å²) in [6.45, 7) is 3.17. The zero-order valence-corrected chi connectivity index (χ0v) is 15.8. The normalized spacial score (nSPS) is 11.5. The molecule has 0 atom stereocenters. The van der Waals surface area contributed by atoms with E-state index in [1.807, 2.05) is 0 Å². The summed E-state index contributed by atoms with van der Waals surface area (Å²) < 4.78 is 54.1. The molecule has 26 heavy (non-hydrogen) atoms. The van der Waals surface area contributed by atoms with Crippen molar-refractivity contribution in [1.29, 1.82) is 0 Å². The molecule has 2 aromatic rings. The van der Waals surface area contributed by atoms with Gasteiger partial charge in [0.15, 0.2) is 23.3 Å². The second-order valence-electron chi connectivity index (χ2n) is 6.31. The maximum atomic E-state index is 13.8. The molecule has 0 spiro atoms. The SMILES string of the molecule is CN(C(=O)C(C)(C)CSc1c(F)c(F)cc(F)c1F)c1ccc(Cl)cc1. The van der Waals surface area contributed by atoms with Crippen molar-refractivity contribution in [3.05, 3.63) is 58.6 Å². The minimum Gasteiger partial charge on any atom is -0.315 e. The summed E-state index contributed by atoms with van der Waals surface area (Å²) in [5, 5.41) is 0.517. The van der Waals surface area contributed by atoms with Gasteiger partial charge in [-0.05, 0) is 24.3 Å². The van der Waals surface area contributed by atoms with Gasteiger partial charge in [0, 0.05) is 29.6 Å². The number of hydrogen-bond donors (Lipinski definition) is 0. The summed E-state index contributed by atoms with van der Waals surface area (Å²) in [6, 6.07) is 6.72. The van der Waals surface area contributed by atoms with Crippen molar-refractivity contribution in [3.8, 4) is 0 Å². The van der Waals surface area contributed by atoms with E-state index < -0.39 is 33.6 Å². The van der Waals surface area contributed by atoms with Gasteiger partial charge in [-0.1, -0.05) is 25.4 Å². The van der Waals surface area contributed by atoms with E-state index >= 15 is 0 Å². The number of rotatable bonds is 5. The van der Waals surface area contributed by atoms with Crippen molar-refractivity contribution in [2.75, 3.05) is 17.7 Å². The van der Waals surface area contributed by atoms with Crippen LogP contribution in [0.2, 0.25) is 5.02 Å². The van der Waals surface area contributed by atoms with Gasteiger partial charge in [-0.3, -0.25) is 4.79 Å². The average Bonchev–Trinajstić information content (AvgIpc) is 2.59. The Bertz CT molecular complexity index is 801. The van der Waals surface area contributed by atoms with Crippen molar-refractivity contribution in [1.82, 2.24) is 0 Å². The summed E-state index contributed by atoms with van der Waals surface area (Å²) in [5.41, 5.74) is -0.465. The van der Waals surface area contributed by atoms with Gasteiger partial charge in [-0.25, -0.2) is 17.6 Å². The molecule has 0 aliphatic rings. The zero-order chi connectivity index (χ0) is 19.6. The number of carbonyl (C=O) groups excluding carboxylic acids is 1. The fourth-order valence-electron chi connectivity index (χ4n) is 2.23. The van der Waals surface area contributed by atoms with E-state index in [1.54, 1.807) is 45.2 Å². The molecule has 0 fully saturated rings. The van der Waals surface area contributed by atoms with Gasteiger partial charge in [0.1, 0.15) is 0 Å². The first-order chi connectivity index (χ1) is 12.0. The van der Waals surface area contributed by atoms with E-state index in [-0.39, 0.29) is 17.7 Å². The van der Waals surface area contributed by atoms with Crippen LogP contribution in [-0.2, 0) is 4.79 Å². The quantitative estimate of drug-likeness (QED) is 0.362. The van der Waals surface area contributed by atoms with Gasteiger partial charge in [-0.2, -0.15) is 0 Å². The van der Waals surface area contributed by atoms with E-state index in [4.69, 9.17) is 11.6 Å². The Hall–Kier alpha value is -1.73. The molecule has 2 rings (SSSR count). The lowest BCUT2D eigenvalue weighted by Crippen LogP contribution is -2.40. The van der Waals surface area contributed by atoms with Crippen LogP contribution in [0.25, 0.3) is 0 Å². The lowest BCUT2D eigenvalue weighted by atomic mass is 9.94. The Morgan fingerprint density at radius 1 is 1.08 bits per heavy atom. The standard InChI is InChI=1S/C18H16ClF4NOS/c1-18(2,17(25)24(3)11-6-4-10(19)5-7-11)9-26-16-14(22)12(20)8-13(21)15(16)23/h4-8H,9H2,1-3H3. The highest BCUT2D eigenvalue weighted by atomic mass is 35.5. The van der Waals surface area contributed by atoms with Crippen LogP contribution in [0.15, 0.2) is 35.2 Å². The number of carbonyl (C=O) groups is 1. The summed E-state index contributed by atoms with van der Waals surface area (Å²) in [5.74, 6) is -6.31. The van der Waals surface area contributed by atoms with E-state index in [1.165, 1.54) is 4.90 Å². The van der Waals surface area contributed by atoms with Crippen LogP contribution < -0.4 is 4.90 Å². The van der Waals surface area contributed by atoms with Gasteiger partial charge in [0.05, 0.1) is 10.3 Å². The molecular weight excluding hydrogens is 390 g/mol. The fourth-order valence-corrected chi connectivity index (χ4v) is 3.43. The average molecular weight is 406 g/mol. The first kappa shape index (κ1) is 20.6. The second kappa shape index (κ2) is 7.88. The molecule has 0 saturated heterocycles. The van der Waals surface area contributed by atoms with Gasteiger partial charge < -0.3 is 4.90 Å². The molecule has 0 radical (unpaired) electrons. The van der Waals surface area contributed by atoms with Crippen LogP contribution in [-0.4, -0.2) is 18.7 Å². The van der Waals surface area contributed by atoms with Crippen LogP contribution >= 0.6 is 23.4 Å². The van der Waals surface area contributed by atoms with Gasteiger partial charge in [0.25, 0.3) is 0 Å². The van der Waals surface area contributed by atoms with Crippen LogP contribution in [0.3, 0.4) is 0 Å². The highest BCUT2D eigenvalue weighted by Crippen LogP contribution is 2.35. The van der Waals surface area contributed by atoms with Crippen molar-refractivity contribution < 1.29 is 22.4 Å². The summed E-state index contributed by atoms with van der Waals surface area (Å²) in [6.07, 6.45) is 0. The van der Waals surface area contributed by atoms with Crippen LogP contribution in [0.5, 0.6) is 0 Å². The minimum atomic E-state index is -1.48. The summed E-state index contributed by atoms with van der Waals surface area (Å²) in [4.78, 5) is 13.3. The molecule has 2 nitrogen and oxygen atoms in total. The van der Waals surface area contributed by atoms with E-state index in [2.05, 4.69) is 0 Å². The molecule has 0 aliphatic heterocycles. The van der Waals surface area contributed by atoms with E-state index in [9.17, 15) is 22.4 Å². The number of benzene rings is 2. The summed E-state index contributed by atoms with van der Waals surface area (Å²) in [7, 11) is 1.56. The maximum Gasteiger partial charge on any atom is 0.233 e. The Labute approximate surface area is 158 Å². The molecule has 0 bridgehead atoms. The number of nitrogens with zero attached hydrogens (tertiary/aromatic N) is 1. The molecule has 0 saturated carbocycles. The highest BCUT2D eigenvalue weighted by Gasteiger charge is 2.32. The van der Waals surface area contributed by atoms with Crippen molar-refractivity contribution >= 4 is 35.0 Å².